The van der Waals surface area contributed by atoms with E-state index in [2.05, 4.69) is 12.3 Å². The largest absolute Gasteiger partial charge is 0.397 e. The fourth-order valence-electron chi connectivity index (χ4n) is 1.19. The first kappa shape index (κ1) is 8.87. The fraction of sp³-hybridized carbons (Fsp3) is 0.333. The van der Waals surface area contributed by atoms with Gasteiger partial charge < -0.3 is 11.2 Å². The Morgan fingerprint density at radius 1 is 1.42 bits per heavy atom. The van der Waals surface area contributed by atoms with Crippen molar-refractivity contribution in [1.29, 1.82) is 0 Å². The second kappa shape index (κ2) is 3.97. The lowest BCUT2D eigenvalue weighted by Gasteiger charge is -2.06. The van der Waals surface area contributed by atoms with Crippen molar-refractivity contribution in [1.82, 2.24) is 0 Å². The number of hydrogen-bond acceptors (Lipinski definition) is 3. The minimum absolute atomic E-state index is 0.712. The Labute approximate surface area is 72.7 Å². The van der Waals surface area contributed by atoms with Crippen LogP contribution in [-0.2, 0) is 6.42 Å². The summed E-state index contributed by atoms with van der Waals surface area (Å²) in [5.74, 6) is 5.24. The number of nitrogens with one attached hydrogen (secondary N) is 1. The summed E-state index contributed by atoms with van der Waals surface area (Å²) in [6.07, 6.45) is 2.20. The van der Waals surface area contributed by atoms with Crippen molar-refractivity contribution in [3.63, 3.8) is 0 Å². The molecule has 0 aliphatic heterocycles. The summed E-state index contributed by atoms with van der Waals surface area (Å²) in [4.78, 5) is 0. The van der Waals surface area contributed by atoms with Crippen LogP contribution in [0, 0.1) is 0 Å². The van der Waals surface area contributed by atoms with Crippen LogP contribution in [0.2, 0.25) is 0 Å². The van der Waals surface area contributed by atoms with E-state index in [9.17, 15) is 0 Å². The Morgan fingerprint density at radius 2 is 2.17 bits per heavy atom. The summed E-state index contributed by atoms with van der Waals surface area (Å²) >= 11 is 0. The molecule has 1 aromatic carbocycles. The van der Waals surface area contributed by atoms with Crippen molar-refractivity contribution in [2.45, 2.75) is 19.8 Å². The number of rotatable bonds is 3. The Bertz CT molecular complexity index is 258. The Morgan fingerprint density at radius 3 is 2.67 bits per heavy atom. The van der Waals surface area contributed by atoms with Crippen LogP contribution in [0.4, 0.5) is 11.4 Å². The van der Waals surface area contributed by atoms with Gasteiger partial charge in [0.1, 0.15) is 0 Å². The van der Waals surface area contributed by atoms with Crippen LogP contribution in [0.25, 0.3) is 0 Å². The number of nitrogens with two attached hydrogens (primary N) is 2. The minimum Gasteiger partial charge on any atom is -0.397 e. The topological polar surface area (TPSA) is 64.1 Å². The van der Waals surface area contributed by atoms with Crippen molar-refractivity contribution >= 4 is 11.4 Å². The molecule has 0 fully saturated rings. The summed E-state index contributed by atoms with van der Waals surface area (Å²) in [7, 11) is 0. The van der Waals surface area contributed by atoms with Crippen LogP contribution in [0.15, 0.2) is 18.2 Å². The smallest absolute Gasteiger partial charge is 0.0716 e. The number of benzene rings is 1. The van der Waals surface area contributed by atoms with Gasteiger partial charge in [-0.3, -0.25) is 5.84 Å². The van der Waals surface area contributed by atoms with Crippen LogP contribution < -0.4 is 17.0 Å². The van der Waals surface area contributed by atoms with Crippen LogP contribution >= 0.6 is 0 Å². The summed E-state index contributed by atoms with van der Waals surface area (Å²) in [6.45, 7) is 2.14. The molecule has 66 valence electrons. The number of hydrogen-bond donors (Lipinski definition) is 3. The zero-order valence-corrected chi connectivity index (χ0v) is 7.30. The normalized spacial score (nSPS) is 9.83. The van der Waals surface area contributed by atoms with Gasteiger partial charge in [-0.15, -0.1) is 0 Å². The third-order valence-electron chi connectivity index (χ3n) is 1.81. The van der Waals surface area contributed by atoms with Gasteiger partial charge in [0, 0.05) is 0 Å². The van der Waals surface area contributed by atoms with Crippen LogP contribution in [0.1, 0.15) is 18.9 Å². The van der Waals surface area contributed by atoms with E-state index >= 15 is 0 Å². The van der Waals surface area contributed by atoms with E-state index in [0.29, 0.717) is 5.69 Å². The van der Waals surface area contributed by atoms with E-state index in [0.717, 1.165) is 18.5 Å². The first-order valence-corrected chi connectivity index (χ1v) is 4.13. The van der Waals surface area contributed by atoms with Crippen molar-refractivity contribution in [3.05, 3.63) is 23.8 Å². The van der Waals surface area contributed by atoms with Gasteiger partial charge in [0.2, 0.25) is 0 Å². The molecule has 0 aliphatic carbocycles. The Balaban J connectivity index is 2.86. The summed E-state index contributed by atoms with van der Waals surface area (Å²) in [5, 5.41) is 0. The van der Waals surface area contributed by atoms with E-state index in [-0.39, 0.29) is 0 Å². The van der Waals surface area contributed by atoms with E-state index < -0.39 is 0 Å². The van der Waals surface area contributed by atoms with E-state index in [1.54, 1.807) is 0 Å². The molecule has 0 heterocycles. The molecule has 5 N–H and O–H groups in total. The predicted molar refractivity (Wildman–Crippen MR) is 52.7 cm³/mol. The standard InChI is InChI=1S/C9H15N3/c1-2-3-7-4-5-9(12-11)8(10)6-7/h4-6,12H,2-3,10-11H2,1H3. The molecule has 0 aromatic heterocycles. The zero-order chi connectivity index (χ0) is 8.97. The molecule has 0 saturated heterocycles. The van der Waals surface area contributed by atoms with Gasteiger partial charge in [-0.25, -0.2) is 0 Å². The lowest BCUT2D eigenvalue weighted by Crippen LogP contribution is -2.09. The number of nitrogen functional groups attached to an aromatic ring is 2. The maximum atomic E-state index is 5.72. The Kier molecular flexibility index (Phi) is 2.94. The molecule has 0 spiro atoms. The molecule has 1 rings (SSSR count). The lowest BCUT2D eigenvalue weighted by atomic mass is 10.1. The molecular weight excluding hydrogens is 150 g/mol. The highest BCUT2D eigenvalue weighted by Crippen LogP contribution is 2.19. The molecular formula is C9H15N3. The van der Waals surface area contributed by atoms with Crippen molar-refractivity contribution < 1.29 is 0 Å². The van der Waals surface area contributed by atoms with Crippen molar-refractivity contribution in [2.75, 3.05) is 11.2 Å². The summed E-state index contributed by atoms with van der Waals surface area (Å²) < 4.78 is 0. The predicted octanol–water partition coefficient (Wildman–Crippen LogP) is 1.51. The van der Waals surface area contributed by atoms with Crippen LogP contribution in [0.5, 0.6) is 0 Å². The molecule has 0 amide bonds. The van der Waals surface area contributed by atoms with Gasteiger partial charge in [-0.05, 0) is 24.1 Å². The maximum absolute atomic E-state index is 5.72. The second-order valence-electron chi connectivity index (χ2n) is 2.82. The molecule has 0 aliphatic rings. The van der Waals surface area contributed by atoms with Crippen LogP contribution in [-0.4, -0.2) is 0 Å². The average molecular weight is 165 g/mol. The lowest BCUT2D eigenvalue weighted by molar-refractivity contribution is 0.922. The van der Waals surface area contributed by atoms with E-state index in [1.807, 2.05) is 18.2 Å². The minimum atomic E-state index is 0.712. The van der Waals surface area contributed by atoms with Crippen molar-refractivity contribution in [2.24, 2.45) is 5.84 Å². The number of anilines is 2. The van der Waals surface area contributed by atoms with E-state index in [4.69, 9.17) is 11.6 Å². The highest BCUT2D eigenvalue weighted by Gasteiger charge is 1.97. The third kappa shape index (κ3) is 1.89. The Hall–Kier alpha value is -1.22. The molecule has 3 heteroatoms. The molecule has 1 aromatic rings. The molecule has 0 saturated carbocycles. The quantitative estimate of drug-likeness (QED) is 0.361. The molecule has 0 atom stereocenters. The van der Waals surface area contributed by atoms with Crippen molar-refractivity contribution in [3.8, 4) is 0 Å². The van der Waals surface area contributed by atoms with Gasteiger partial charge in [0.15, 0.2) is 0 Å². The number of hydrazine groups is 1. The number of aryl methyl sites for hydroxylation is 1. The first-order chi connectivity index (χ1) is 5.77. The molecule has 0 unspecified atom stereocenters. The second-order valence-corrected chi connectivity index (χ2v) is 2.82. The van der Waals surface area contributed by atoms with E-state index in [1.165, 1.54) is 5.56 Å². The van der Waals surface area contributed by atoms with Crippen LogP contribution in [0.3, 0.4) is 0 Å². The molecule has 12 heavy (non-hydrogen) atoms. The first-order valence-electron chi connectivity index (χ1n) is 4.13. The monoisotopic (exact) mass is 165 g/mol. The van der Waals surface area contributed by atoms with Gasteiger partial charge in [0.25, 0.3) is 0 Å². The zero-order valence-electron chi connectivity index (χ0n) is 7.30. The summed E-state index contributed by atoms with van der Waals surface area (Å²) in [5.41, 5.74) is 11.0. The van der Waals surface area contributed by atoms with Gasteiger partial charge in [0.05, 0.1) is 11.4 Å². The van der Waals surface area contributed by atoms with Gasteiger partial charge in [-0.2, -0.15) is 0 Å². The van der Waals surface area contributed by atoms with Gasteiger partial charge >= 0.3 is 0 Å². The SMILES string of the molecule is CCCc1ccc(NN)c(N)c1. The third-order valence-corrected chi connectivity index (χ3v) is 1.81. The molecule has 0 radical (unpaired) electrons. The molecule has 3 nitrogen and oxygen atoms in total. The average Bonchev–Trinajstić information content (AvgIpc) is 2.05. The maximum Gasteiger partial charge on any atom is 0.0716 e. The van der Waals surface area contributed by atoms with Gasteiger partial charge in [-0.1, -0.05) is 19.4 Å². The fourth-order valence-corrected chi connectivity index (χ4v) is 1.19. The molecule has 0 bridgehead atoms. The highest BCUT2D eigenvalue weighted by atomic mass is 15.2. The summed E-state index contributed by atoms with van der Waals surface area (Å²) in [6, 6.07) is 5.90. The highest BCUT2D eigenvalue weighted by molar-refractivity contribution is 5.66.